The predicted octanol–water partition coefficient (Wildman–Crippen LogP) is 2.35. The summed E-state index contributed by atoms with van der Waals surface area (Å²) in [5.74, 6) is -0.757. The highest BCUT2D eigenvalue weighted by atomic mass is 16.6. The van der Waals surface area contributed by atoms with E-state index in [4.69, 9.17) is 4.74 Å². The summed E-state index contributed by atoms with van der Waals surface area (Å²) in [5.41, 5.74) is 0.892. The van der Waals surface area contributed by atoms with Crippen molar-refractivity contribution in [2.24, 2.45) is 0 Å². The molecule has 1 fully saturated rings. The molecule has 1 atom stereocenters. The molecule has 2 rings (SSSR count). The fourth-order valence-corrected chi connectivity index (χ4v) is 2.80. The van der Waals surface area contributed by atoms with Crippen molar-refractivity contribution in [3.8, 4) is 0 Å². The molecular weight excluding hydrogens is 322 g/mol. The van der Waals surface area contributed by atoms with Gasteiger partial charge < -0.3 is 14.4 Å². The number of benzene rings is 1. The van der Waals surface area contributed by atoms with E-state index in [9.17, 15) is 14.4 Å². The number of hydrogen-bond acceptors (Lipinski definition) is 5. The van der Waals surface area contributed by atoms with Gasteiger partial charge in [0, 0.05) is 13.0 Å². The van der Waals surface area contributed by atoms with Gasteiger partial charge in [0.2, 0.25) is 5.91 Å². The molecule has 1 aliphatic rings. The molecule has 0 aliphatic carbocycles. The number of methoxy groups -OCH3 is 1. The third-order valence-corrected chi connectivity index (χ3v) is 4.02. The second kappa shape index (κ2) is 7.68. The van der Waals surface area contributed by atoms with Gasteiger partial charge in [0.1, 0.15) is 11.6 Å². The molecule has 1 heterocycles. The first-order valence-electron chi connectivity index (χ1n) is 8.41. The monoisotopic (exact) mass is 347 g/mol. The second-order valence-electron chi connectivity index (χ2n) is 7.11. The van der Waals surface area contributed by atoms with E-state index in [1.54, 1.807) is 17.0 Å². The van der Waals surface area contributed by atoms with Gasteiger partial charge >= 0.3 is 11.9 Å². The highest BCUT2D eigenvalue weighted by molar-refractivity contribution is 5.89. The van der Waals surface area contributed by atoms with Crippen LogP contribution in [-0.4, -0.2) is 48.0 Å². The van der Waals surface area contributed by atoms with Crippen LogP contribution >= 0.6 is 0 Å². The van der Waals surface area contributed by atoms with E-state index in [2.05, 4.69) is 4.74 Å². The Balaban J connectivity index is 1.98. The average molecular weight is 347 g/mol. The molecule has 136 valence electrons. The van der Waals surface area contributed by atoms with Gasteiger partial charge in [-0.15, -0.1) is 0 Å². The van der Waals surface area contributed by atoms with Crippen LogP contribution in [0.25, 0.3) is 0 Å². The Morgan fingerprint density at radius 3 is 2.40 bits per heavy atom. The standard InChI is InChI=1S/C19H25NO5/c1-19(2,3)25-18(23)15-9-10-16(21)20(15)12-11-13-5-7-14(8-6-13)17(22)24-4/h5-8,15H,9-12H2,1-4H3/t15-/m1/s1. The Hall–Kier alpha value is -2.37. The Morgan fingerprint density at radius 2 is 1.84 bits per heavy atom. The minimum absolute atomic E-state index is 0.0259. The lowest BCUT2D eigenvalue weighted by molar-refractivity contribution is -0.162. The van der Waals surface area contributed by atoms with Gasteiger partial charge in [-0.1, -0.05) is 12.1 Å². The van der Waals surface area contributed by atoms with Crippen LogP contribution < -0.4 is 0 Å². The van der Waals surface area contributed by atoms with Crippen molar-refractivity contribution < 1.29 is 23.9 Å². The third-order valence-electron chi connectivity index (χ3n) is 4.02. The average Bonchev–Trinajstić information content (AvgIpc) is 2.92. The third kappa shape index (κ3) is 5.05. The zero-order chi connectivity index (χ0) is 18.6. The topological polar surface area (TPSA) is 72.9 Å². The zero-order valence-electron chi connectivity index (χ0n) is 15.2. The van der Waals surface area contributed by atoms with Crippen molar-refractivity contribution >= 4 is 17.8 Å². The van der Waals surface area contributed by atoms with Crippen molar-refractivity contribution in [1.82, 2.24) is 4.90 Å². The molecular formula is C19H25NO5. The minimum Gasteiger partial charge on any atom is -0.465 e. The van der Waals surface area contributed by atoms with Gasteiger partial charge in [0.25, 0.3) is 0 Å². The van der Waals surface area contributed by atoms with E-state index in [1.165, 1.54) is 7.11 Å². The van der Waals surface area contributed by atoms with Gasteiger partial charge in [-0.3, -0.25) is 4.79 Å². The Bertz CT molecular complexity index is 645. The second-order valence-corrected chi connectivity index (χ2v) is 7.11. The number of rotatable bonds is 5. The molecule has 6 heteroatoms. The van der Waals surface area contributed by atoms with E-state index in [-0.39, 0.29) is 17.8 Å². The molecule has 0 aromatic heterocycles. The summed E-state index contributed by atoms with van der Waals surface area (Å²) >= 11 is 0. The molecule has 0 N–H and O–H groups in total. The maximum Gasteiger partial charge on any atom is 0.337 e. The number of carbonyl (C=O) groups excluding carboxylic acids is 3. The van der Waals surface area contributed by atoms with Gasteiger partial charge in [-0.2, -0.15) is 0 Å². The van der Waals surface area contributed by atoms with Crippen molar-refractivity contribution in [1.29, 1.82) is 0 Å². The number of amides is 1. The lowest BCUT2D eigenvalue weighted by Crippen LogP contribution is -2.43. The number of nitrogens with zero attached hydrogens (tertiary/aromatic N) is 1. The molecule has 1 aromatic carbocycles. The highest BCUT2D eigenvalue weighted by Crippen LogP contribution is 2.22. The zero-order valence-corrected chi connectivity index (χ0v) is 15.2. The first kappa shape index (κ1) is 19.0. The van der Waals surface area contributed by atoms with Crippen LogP contribution in [-0.2, 0) is 25.5 Å². The van der Waals surface area contributed by atoms with E-state index in [1.807, 2.05) is 32.9 Å². The maximum atomic E-state index is 12.3. The first-order valence-corrected chi connectivity index (χ1v) is 8.41. The van der Waals surface area contributed by atoms with Crippen LogP contribution in [0.3, 0.4) is 0 Å². The molecule has 6 nitrogen and oxygen atoms in total. The van der Waals surface area contributed by atoms with Gasteiger partial charge in [0.15, 0.2) is 0 Å². The Labute approximate surface area is 148 Å². The molecule has 1 aromatic rings. The van der Waals surface area contributed by atoms with Crippen LogP contribution in [0.2, 0.25) is 0 Å². The Kier molecular flexibility index (Phi) is 5.82. The van der Waals surface area contributed by atoms with Crippen molar-refractivity contribution in [3.05, 3.63) is 35.4 Å². The lowest BCUT2D eigenvalue weighted by atomic mass is 10.1. The minimum atomic E-state index is -0.571. The summed E-state index contributed by atoms with van der Waals surface area (Å²) in [6, 6.07) is 6.53. The SMILES string of the molecule is COC(=O)c1ccc(CCN2C(=O)CC[C@@H]2C(=O)OC(C)(C)C)cc1. The summed E-state index contributed by atoms with van der Waals surface area (Å²) in [4.78, 5) is 37.5. The fourth-order valence-electron chi connectivity index (χ4n) is 2.80. The molecule has 1 saturated heterocycles. The molecule has 0 radical (unpaired) electrons. The lowest BCUT2D eigenvalue weighted by Gasteiger charge is -2.27. The van der Waals surface area contributed by atoms with Crippen molar-refractivity contribution in [3.63, 3.8) is 0 Å². The van der Waals surface area contributed by atoms with Gasteiger partial charge in [-0.05, 0) is 51.3 Å². The summed E-state index contributed by atoms with van der Waals surface area (Å²) in [6.07, 6.45) is 1.46. The molecule has 0 spiro atoms. The summed E-state index contributed by atoms with van der Waals surface area (Å²) in [7, 11) is 1.34. The predicted molar refractivity (Wildman–Crippen MR) is 92.1 cm³/mol. The summed E-state index contributed by atoms with van der Waals surface area (Å²) in [6.45, 7) is 5.89. The number of ether oxygens (including phenoxy) is 2. The Morgan fingerprint density at radius 1 is 1.20 bits per heavy atom. The number of esters is 2. The molecule has 0 bridgehead atoms. The highest BCUT2D eigenvalue weighted by Gasteiger charge is 2.38. The van der Waals surface area contributed by atoms with E-state index in [0.29, 0.717) is 31.4 Å². The quantitative estimate of drug-likeness (QED) is 0.765. The molecule has 1 amide bonds. The molecule has 0 saturated carbocycles. The molecule has 1 aliphatic heterocycles. The normalized spacial score (nSPS) is 17.5. The van der Waals surface area contributed by atoms with Crippen LogP contribution in [0.1, 0.15) is 49.5 Å². The van der Waals surface area contributed by atoms with Gasteiger partial charge in [-0.25, -0.2) is 9.59 Å². The largest absolute Gasteiger partial charge is 0.465 e. The van der Waals surface area contributed by atoms with E-state index < -0.39 is 11.6 Å². The number of hydrogen-bond donors (Lipinski definition) is 0. The van der Waals surface area contributed by atoms with Crippen LogP contribution in [0.5, 0.6) is 0 Å². The first-order chi connectivity index (χ1) is 11.7. The van der Waals surface area contributed by atoms with Crippen molar-refractivity contribution in [2.45, 2.75) is 51.7 Å². The summed E-state index contributed by atoms with van der Waals surface area (Å²) < 4.78 is 10.1. The number of carbonyl (C=O) groups is 3. The van der Waals surface area contributed by atoms with Gasteiger partial charge in [0.05, 0.1) is 12.7 Å². The van der Waals surface area contributed by atoms with Crippen LogP contribution in [0.15, 0.2) is 24.3 Å². The van der Waals surface area contributed by atoms with E-state index in [0.717, 1.165) is 5.56 Å². The molecule has 25 heavy (non-hydrogen) atoms. The fraction of sp³-hybridized carbons (Fsp3) is 0.526. The van der Waals surface area contributed by atoms with Crippen LogP contribution in [0.4, 0.5) is 0 Å². The van der Waals surface area contributed by atoms with E-state index >= 15 is 0 Å². The molecule has 0 unspecified atom stereocenters. The number of likely N-dealkylation sites (tertiary alicyclic amines) is 1. The maximum absolute atomic E-state index is 12.3. The van der Waals surface area contributed by atoms with Crippen LogP contribution in [0, 0.1) is 0 Å². The van der Waals surface area contributed by atoms with Crippen molar-refractivity contribution in [2.75, 3.05) is 13.7 Å². The summed E-state index contributed by atoms with van der Waals surface area (Å²) in [5, 5.41) is 0. The smallest absolute Gasteiger partial charge is 0.337 e.